The Hall–Kier alpha value is -1.74. The lowest BCUT2D eigenvalue weighted by molar-refractivity contribution is 0.359. The Morgan fingerprint density at radius 3 is 2.43 bits per heavy atom. The van der Waals surface area contributed by atoms with Crippen LogP contribution in [0.25, 0.3) is 0 Å². The first-order valence-corrected chi connectivity index (χ1v) is 3.74. The molecule has 14 heavy (non-hydrogen) atoms. The topological polar surface area (TPSA) is 38.7 Å². The minimum Gasteiger partial charge on any atom is -0.491 e. The molecule has 74 valence electrons. The third-order valence-electron chi connectivity index (χ3n) is 1.59. The molecule has 0 unspecified atom stereocenters. The summed E-state index contributed by atoms with van der Waals surface area (Å²) in [4.78, 5) is 13.0. The van der Waals surface area contributed by atoms with Gasteiger partial charge in [0.25, 0.3) is 0 Å². The van der Waals surface area contributed by atoms with Gasteiger partial charge in [0, 0.05) is 0 Å². The molecule has 0 saturated carbocycles. The van der Waals surface area contributed by atoms with Crippen molar-refractivity contribution >= 4 is 6.08 Å². The molecule has 1 aromatic rings. The number of nitrogens with zero attached hydrogens (tertiary/aromatic N) is 1. The summed E-state index contributed by atoms with van der Waals surface area (Å²) in [6.07, 6.45) is 1.28. The molecule has 0 aliphatic rings. The van der Waals surface area contributed by atoms with E-state index in [-0.39, 0.29) is 12.1 Å². The van der Waals surface area contributed by atoms with Gasteiger partial charge in [-0.3, -0.25) is 0 Å². The van der Waals surface area contributed by atoms with Crippen molar-refractivity contribution in [3.8, 4) is 5.75 Å². The van der Waals surface area contributed by atoms with Crippen molar-refractivity contribution in [2.75, 3.05) is 7.11 Å². The molecule has 3 nitrogen and oxygen atoms in total. The predicted molar refractivity (Wildman–Crippen MR) is 44.7 cm³/mol. The summed E-state index contributed by atoms with van der Waals surface area (Å²) in [5.74, 6) is -2.07. The Bertz CT molecular complexity index is 363. The van der Waals surface area contributed by atoms with Crippen LogP contribution < -0.4 is 4.74 Å². The van der Waals surface area contributed by atoms with Gasteiger partial charge in [-0.05, 0) is 17.7 Å². The van der Waals surface area contributed by atoms with Gasteiger partial charge < -0.3 is 4.74 Å². The number of carbonyl (C=O) groups excluding carboxylic acids is 1. The summed E-state index contributed by atoms with van der Waals surface area (Å²) in [6.45, 7) is -0.0959. The zero-order valence-electron chi connectivity index (χ0n) is 7.38. The number of methoxy groups -OCH3 is 1. The molecule has 1 aromatic carbocycles. The highest BCUT2D eigenvalue weighted by Crippen LogP contribution is 2.22. The van der Waals surface area contributed by atoms with Crippen LogP contribution in [0.5, 0.6) is 5.75 Å². The van der Waals surface area contributed by atoms with Gasteiger partial charge in [0.2, 0.25) is 6.08 Å². The van der Waals surface area contributed by atoms with Gasteiger partial charge in [-0.1, -0.05) is 0 Å². The molecule has 0 aliphatic heterocycles. The lowest BCUT2D eigenvalue weighted by Gasteiger charge is -2.04. The van der Waals surface area contributed by atoms with Crippen molar-refractivity contribution in [2.24, 2.45) is 4.99 Å². The van der Waals surface area contributed by atoms with Crippen molar-refractivity contribution in [3.05, 3.63) is 29.3 Å². The zero-order chi connectivity index (χ0) is 10.6. The molecular formula is C9H7F2NO2. The van der Waals surface area contributed by atoms with E-state index in [2.05, 4.69) is 9.73 Å². The third kappa shape index (κ3) is 2.14. The highest BCUT2D eigenvalue weighted by Gasteiger charge is 2.10. The number of aliphatic imine (C=N–C) groups is 1. The van der Waals surface area contributed by atoms with Gasteiger partial charge >= 0.3 is 0 Å². The molecule has 5 heteroatoms. The van der Waals surface area contributed by atoms with Gasteiger partial charge in [0.1, 0.15) is 0 Å². The second-order valence-corrected chi connectivity index (χ2v) is 2.50. The molecule has 0 saturated heterocycles. The summed E-state index contributed by atoms with van der Waals surface area (Å²) >= 11 is 0. The normalized spacial score (nSPS) is 9.36. The summed E-state index contributed by atoms with van der Waals surface area (Å²) in [7, 11) is 1.17. The van der Waals surface area contributed by atoms with Crippen LogP contribution in [0.2, 0.25) is 0 Å². The van der Waals surface area contributed by atoms with E-state index in [0.717, 1.165) is 12.1 Å². The maximum Gasteiger partial charge on any atom is 0.235 e. The van der Waals surface area contributed by atoms with Crippen molar-refractivity contribution in [1.29, 1.82) is 0 Å². The van der Waals surface area contributed by atoms with Crippen LogP contribution in [0.4, 0.5) is 8.78 Å². The highest BCUT2D eigenvalue weighted by atomic mass is 19.1. The largest absolute Gasteiger partial charge is 0.491 e. The second kappa shape index (κ2) is 4.48. The number of hydrogen-bond donors (Lipinski definition) is 0. The molecule has 1 rings (SSSR count). The van der Waals surface area contributed by atoms with Crippen LogP contribution in [0, 0.1) is 11.6 Å². The van der Waals surface area contributed by atoms with Crippen LogP contribution in [0.3, 0.4) is 0 Å². The van der Waals surface area contributed by atoms with Crippen LogP contribution in [-0.4, -0.2) is 13.2 Å². The van der Waals surface area contributed by atoms with Gasteiger partial charge in [0.15, 0.2) is 17.4 Å². The standard InChI is InChI=1S/C9H7F2NO2/c1-14-9-7(10)2-6(3-8(9)11)4-12-5-13/h2-3H,4H2,1H3. The highest BCUT2D eigenvalue weighted by molar-refractivity contribution is 5.35. The maximum atomic E-state index is 13.0. The van der Waals surface area contributed by atoms with Gasteiger partial charge in [-0.25, -0.2) is 18.6 Å². The van der Waals surface area contributed by atoms with Crippen LogP contribution in [0.1, 0.15) is 5.56 Å². The number of ether oxygens (including phenoxy) is 1. The van der Waals surface area contributed by atoms with Gasteiger partial charge in [-0.2, -0.15) is 0 Å². The van der Waals surface area contributed by atoms with Crippen LogP contribution >= 0.6 is 0 Å². The van der Waals surface area contributed by atoms with Gasteiger partial charge in [0.05, 0.1) is 13.7 Å². The van der Waals surface area contributed by atoms with E-state index in [1.54, 1.807) is 0 Å². The van der Waals surface area contributed by atoms with Crippen LogP contribution in [-0.2, 0) is 11.3 Å². The number of hydrogen-bond acceptors (Lipinski definition) is 3. The van der Waals surface area contributed by atoms with Crippen molar-refractivity contribution in [2.45, 2.75) is 6.54 Å². The van der Waals surface area contributed by atoms with Crippen molar-refractivity contribution < 1.29 is 18.3 Å². The SMILES string of the molecule is COc1c(F)cc(CN=C=O)cc1F. The number of benzene rings is 1. The van der Waals surface area contributed by atoms with E-state index in [1.165, 1.54) is 13.2 Å². The summed E-state index contributed by atoms with van der Waals surface area (Å²) in [6, 6.07) is 2.12. The lowest BCUT2D eigenvalue weighted by atomic mass is 10.2. The molecular weight excluding hydrogens is 192 g/mol. The fourth-order valence-corrected chi connectivity index (χ4v) is 1.02. The summed E-state index contributed by atoms with van der Waals surface area (Å²) < 4.78 is 30.5. The Morgan fingerprint density at radius 1 is 1.43 bits per heavy atom. The molecule has 0 heterocycles. The second-order valence-electron chi connectivity index (χ2n) is 2.50. The quantitative estimate of drug-likeness (QED) is 0.550. The molecule has 0 spiro atoms. The fourth-order valence-electron chi connectivity index (χ4n) is 1.02. The van der Waals surface area contributed by atoms with E-state index in [1.807, 2.05) is 0 Å². The summed E-state index contributed by atoms with van der Waals surface area (Å²) in [5.41, 5.74) is 0.254. The molecule has 0 bridgehead atoms. The minimum atomic E-state index is -0.816. The predicted octanol–water partition coefficient (Wildman–Crippen LogP) is 1.81. The van der Waals surface area contributed by atoms with E-state index in [4.69, 9.17) is 0 Å². The average molecular weight is 199 g/mol. The minimum absolute atomic E-state index is 0.0959. The Morgan fingerprint density at radius 2 is 2.00 bits per heavy atom. The first-order chi connectivity index (χ1) is 6.69. The summed E-state index contributed by atoms with van der Waals surface area (Å²) in [5, 5.41) is 0. The van der Waals surface area contributed by atoms with Crippen molar-refractivity contribution in [1.82, 2.24) is 0 Å². The molecule has 0 amide bonds. The number of halogens is 2. The van der Waals surface area contributed by atoms with Crippen LogP contribution in [0.15, 0.2) is 17.1 Å². The van der Waals surface area contributed by atoms with E-state index in [0.29, 0.717) is 0 Å². The third-order valence-corrected chi connectivity index (χ3v) is 1.59. The Kier molecular flexibility index (Phi) is 3.31. The molecule has 0 atom stereocenters. The smallest absolute Gasteiger partial charge is 0.235 e. The fraction of sp³-hybridized carbons (Fsp3) is 0.222. The maximum absolute atomic E-state index is 13.0. The van der Waals surface area contributed by atoms with E-state index in [9.17, 15) is 13.6 Å². The number of isocyanates is 1. The molecule has 0 fully saturated rings. The monoisotopic (exact) mass is 199 g/mol. The first kappa shape index (κ1) is 10.3. The zero-order valence-corrected chi connectivity index (χ0v) is 7.38. The first-order valence-electron chi connectivity index (χ1n) is 3.74. The molecule has 0 radical (unpaired) electrons. The van der Waals surface area contributed by atoms with E-state index >= 15 is 0 Å². The Labute approximate surface area is 79.0 Å². The average Bonchev–Trinajstić information content (AvgIpc) is 2.14. The molecule has 0 N–H and O–H groups in total. The van der Waals surface area contributed by atoms with Crippen molar-refractivity contribution in [3.63, 3.8) is 0 Å². The number of rotatable bonds is 3. The molecule has 0 aliphatic carbocycles. The Balaban J connectivity index is 3.07. The molecule has 0 aromatic heterocycles. The van der Waals surface area contributed by atoms with Gasteiger partial charge in [-0.15, -0.1) is 0 Å². The van der Waals surface area contributed by atoms with E-state index < -0.39 is 17.4 Å². The lowest BCUT2D eigenvalue weighted by Crippen LogP contribution is -1.95.